The van der Waals surface area contributed by atoms with Crippen LogP contribution in [0.4, 0.5) is 11.6 Å². The molecule has 0 saturated heterocycles. The number of carbonyl (C=O) groups excluding carboxylic acids is 1. The van der Waals surface area contributed by atoms with Crippen LogP contribution < -0.4 is 5.32 Å². The van der Waals surface area contributed by atoms with Crippen LogP contribution in [-0.2, 0) is 0 Å². The molecule has 9 heteroatoms. The SMILES string of the molecule is O=C(Nc1nccnn1)c1cc(Cl)ccc1[N+](=O)[O-]. The van der Waals surface area contributed by atoms with Crippen LogP contribution in [0.2, 0.25) is 5.02 Å². The van der Waals surface area contributed by atoms with E-state index in [0.29, 0.717) is 0 Å². The second-order valence-corrected chi connectivity index (χ2v) is 3.78. The summed E-state index contributed by atoms with van der Waals surface area (Å²) in [5.41, 5.74) is -0.532. The van der Waals surface area contributed by atoms with Crippen LogP contribution in [0, 0.1) is 10.1 Å². The number of amides is 1. The van der Waals surface area contributed by atoms with E-state index in [1.165, 1.54) is 24.5 Å². The van der Waals surface area contributed by atoms with Crippen molar-refractivity contribution in [1.82, 2.24) is 15.2 Å². The highest BCUT2D eigenvalue weighted by molar-refractivity contribution is 6.31. The molecule has 0 radical (unpaired) electrons. The zero-order valence-electron chi connectivity index (χ0n) is 9.28. The number of carbonyl (C=O) groups is 1. The van der Waals surface area contributed by atoms with Gasteiger partial charge in [-0.05, 0) is 12.1 Å². The van der Waals surface area contributed by atoms with Gasteiger partial charge in [-0.25, -0.2) is 4.98 Å². The Bertz CT molecular complexity index is 634. The third kappa shape index (κ3) is 2.99. The maximum Gasteiger partial charge on any atom is 0.282 e. The fourth-order valence-electron chi connectivity index (χ4n) is 1.32. The Morgan fingerprint density at radius 1 is 1.37 bits per heavy atom. The lowest BCUT2D eigenvalue weighted by Crippen LogP contribution is -2.16. The van der Waals surface area contributed by atoms with E-state index in [-0.39, 0.29) is 22.2 Å². The second-order valence-electron chi connectivity index (χ2n) is 3.34. The Labute approximate surface area is 111 Å². The molecule has 0 fully saturated rings. The summed E-state index contributed by atoms with van der Waals surface area (Å²) >= 11 is 5.72. The Balaban J connectivity index is 2.33. The first-order valence-corrected chi connectivity index (χ1v) is 5.34. The maximum absolute atomic E-state index is 11.9. The van der Waals surface area contributed by atoms with Crippen molar-refractivity contribution in [2.24, 2.45) is 0 Å². The van der Waals surface area contributed by atoms with Gasteiger partial charge in [-0.1, -0.05) is 11.6 Å². The summed E-state index contributed by atoms with van der Waals surface area (Å²) in [5, 5.41) is 20.4. The number of anilines is 1. The molecule has 0 spiro atoms. The van der Waals surface area contributed by atoms with Crippen molar-refractivity contribution >= 4 is 29.1 Å². The normalized spacial score (nSPS) is 9.95. The lowest BCUT2D eigenvalue weighted by Gasteiger charge is -2.04. The van der Waals surface area contributed by atoms with Crippen molar-refractivity contribution in [3.63, 3.8) is 0 Å². The van der Waals surface area contributed by atoms with E-state index in [2.05, 4.69) is 20.5 Å². The van der Waals surface area contributed by atoms with Crippen molar-refractivity contribution < 1.29 is 9.72 Å². The third-order valence-electron chi connectivity index (χ3n) is 2.11. The topological polar surface area (TPSA) is 111 Å². The van der Waals surface area contributed by atoms with Crippen LogP contribution in [0.3, 0.4) is 0 Å². The number of hydrogen-bond acceptors (Lipinski definition) is 6. The van der Waals surface area contributed by atoms with Gasteiger partial charge >= 0.3 is 0 Å². The average Bonchev–Trinajstić information content (AvgIpc) is 2.39. The number of benzene rings is 1. The largest absolute Gasteiger partial charge is 0.289 e. The standard InChI is InChI=1S/C10H6ClN5O3/c11-6-1-2-8(16(18)19)7(5-6)9(17)14-10-12-3-4-13-15-10/h1-5H,(H,12,14,15,17). The highest BCUT2D eigenvalue weighted by atomic mass is 35.5. The molecule has 0 unspecified atom stereocenters. The minimum Gasteiger partial charge on any atom is -0.289 e. The molecule has 1 aromatic heterocycles. The van der Waals surface area contributed by atoms with E-state index in [4.69, 9.17) is 11.6 Å². The Morgan fingerprint density at radius 2 is 2.16 bits per heavy atom. The number of nitrogens with zero attached hydrogens (tertiary/aromatic N) is 4. The van der Waals surface area contributed by atoms with Gasteiger partial charge in [0.05, 0.1) is 17.3 Å². The fraction of sp³-hybridized carbons (Fsp3) is 0. The van der Waals surface area contributed by atoms with E-state index < -0.39 is 10.8 Å². The summed E-state index contributed by atoms with van der Waals surface area (Å²) < 4.78 is 0. The van der Waals surface area contributed by atoms with Gasteiger partial charge in [0.25, 0.3) is 11.6 Å². The fourth-order valence-corrected chi connectivity index (χ4v) is 1.50. The van der Waals surface area contributed by atoms with Gasteiger partial charge in [-0.2, -0.15) is 5.10 Å². The number of nitro groups is 1. The number of rotatable bonds is 3. The summed E-state index contributed by atoms with van der Waals surface area (Å²) in [6.07, 6.45) is 2.66. The third-order valence-corrected chi connectivity index (χ3v) is 2.34. The number of nitro benzene ring substituents is 1. The molecule has 0 aliphatic heterocycles. The minimum atomic E-state index is -0.734. The monoisotopic (exact) mass is 279 g/mol. The van der Waals surface area contributed by atoms with Crippen LogP contribution in [0.5, 0.6) is 0 Å². The van der Waals surface area contributed by atoms with Gasteiger partial charge < -0.3 is 0 Å². The molecule has 0 aliphatic carbocycles. The molecule has 0 saturated carbocycles. The van der Waals surface area contributed by atoms with Crippen molar-refractivity contribution in [3.05, 3.63) is 51.3 Å². The molecule has 96 valence electrons. The van der Waals surface area contributed by atoms with Crippen LogP contribution >= 0.6 is 11.6 Å². The van der Waals surface area contributed by atoms with Gasteiger partial charge in [0.2, 0.25) is 5.95 Å². The lowest BCUT2D eigenvalue weighted by molar-refractivity contribution is -0.385. The molecule has 2 rings (SSSR count). The molecular weight excluding hydrogens is 274 g/mol. The summed E-state index contributed by atoms with van der Waals surface area (Å²) in [6.45, 7) is 0. The van der Waals surface area contributed by atoms with Gasteiger partial charge in [0.15, 0.2) is 0 Å². The summed E-state index contributed by atoms with van der Waals surface area (Å²) in [4.78, 5) is 25.8. The average molecular weight is 280 g/mol. The van der Waals surface area contributed by atoms with Crippen molar-refractivity contribution in [2.75, 3.05) is 5.32 Å². The zero-order chi connectivity index (χ0) is 13.8. The molecule has 1 heterocycles. The van der Waals surface area contributed by atoms with Gasteiger partial charge in [-0.15, -0.1) is 5.10 Å². The lowest BCUT2D eigenvalue weighted by atomic mass is 10.1. The molecular formula is C10H6ClN5O3. The first-order chi connectivity index (χ1) is 9.08. The number of nitrogens with one attached hydrogen (secondary N) is 1. The Kier molecular flexibility index (Phi) is 3.62. The van der Waals surface area contributed by atoms with Crippen molar-refractivity contribution in [3.8, 4) is 0 Å². The smallest absolute Gasteiger partial charge is 0.282 e. The zero-order valence-corrected chi connectivity index (χ0v) is 10.0. The molecule has 1 amide bonds. The van der Waals surface area contributed by atoms with Crippen LogP contribution in [0.1, 0.15) is 10.4 Å². The first-order valence-electron chi connectivity index (χ1n) is 4.97. The quantitative estimate of drug-likeness (QED) is 0.676. The van der Waals surface area contributed by atoms with Crippen LogP contribution in [-0.4, -0.2) is 26.0 Å². The Morgan fingerprint density at radius 3 is 2.79 bits per heavy atom. The molecule has 0 aliphatic rings. The molecule has 2 aromatic rings. The van der Waals surface area contributed by atoms with Gasteiger partial charge in [0, 0.05) is 11.1 Å². The van der Waals surface area contributed by atoms with Crippen LogP contribution in [0.15, 0.2) is 30.6 Å². The molecule has 0 atom stereocenters. The molecule has 19 heavy (non-hydrogen) atoms. The molecule has 1 aromatic carbocycles. The van der Waals surface area contributed by atoms with E-state index in [9.17, 15) is 14.9 Å². The predicted octanol–water partition coefficient (Wildman–Crippen LogP) is 1.69. The molecule has 0 bridgehead atoms. The predicted molar refractivity (Wildman–Crippen MR) is 65.9 cm³/mol. The summed E-state index contributed by atoms with van der Waals surface area (Å²) in [6, 6.07) is 3.68. The van der Waals surface area contributed by atoms with E-state index in [1.54, 1.807) is 0 Å². The van der Waals surface area contributed by atoms with E-state index in [0.717, 1.165) is 6.07 Å². The molecule has 1 N–H and O–H groups in total. The second kappa shape index (κ2) is 5.36. The summed E-state index contributed by atoms with van der Waals surface area (Å²) in [7, 11) is 0. The number of halogens is 1. The van der Waals surface area contributed by atoms with E-state index in [1.807, 2.05) is 0 Å². The first kappa shape index (κ1) is 12.8. The highest BCUT2D eigenvalue weighted by Crippen LogP contribution is 2.23. The highest BCUT2D eigenvalue weighted by Gasteiger charge is 2.21. The number of aromatic nitrogens is 3. The maximum atomic E-state index is 11.9. The van der Waals surface area contributed by atoms with Crippen LogP contribution in [0.25, 0.3) is 0 Å². The number of hydrogen-bond donors (Lipinski definition) is 1. The molecule has 8 nitrogen and oxygen atoms in total. The Hall–Kier alpha value is -2.61. The summed E-state index contributed by atoms with van der Waals surface area (Å²) in [5.74, 6) is -0.788. The van der Waals surface area contributed by atoms with Crippen molar-refractivity contribution in [1.29, 1.82) is 0 Å². The van der Waals surface area contributed by atoms with Gasteiger partial charge in [-0.3, -0.25) is 20.2 Å². The minimum absolute atomic E-state index is 0.0539. The van der Waals surface area contributed by atoms with Crippen molar-refractivity contribution in [2.45, 2.75) is 0 Å². The van der Waals surface area contributed by atoms with E-state index >= 15 is 0 Å². The van der Waals surface area contributed by atoms with Gasteiger partial charge in [0.1, 0.15) is 5.56 Å².